The topological polar surface area (TPSA) is 71.2 Å². The van der Waals surface area contributed by atoms with Gasteiger partial charge in [0.15, 0.2) is 5.79 Å². The highest BCUT2D eigenvalue weighted by atomic mass is 16.5. The first-order valence-electron chi connectivity index (χ1n) is 7.65. The van der Waals surface area contributed by atoms with Gasteiger partial charge in [-0.1, -0.05) is 6.08 Å². The standard InChI is InChI=1S/C14H17N3.C3H8O2/c1-3-11-4-5-12(8-11)17-7-6-13-10(2)15-9-16-14(13)17;1-3(2,4)5/h3,6-7,9,11-12H,1,4-5,8H2,2H3;4-5H,1-2H3. The Labute approximate surface area is 131 Å². The van der Waals surface area contributed by atoms with Gasteiger partial charge in [-0.15, -0.1) is 6.58 Å². The summed E-state index contributed by atoms with van der Waals surface area (Å²) < 4.78 is 2.31. The van der Waals surface area contributed by atoms with Crippen LogP contribution in [0.5, 0.6) is 0 Å². The van der Waals surface area contributed by atoms with Crippen molar-refractivity contribution in [2.45, 2.75) is 51.9 Å². The Morgan fingerprint density at radius 1 is 1.32 bits per heavy atom. The Hall–Kier alpha value is -1.72. The lowest BCUT2D eigenvalue weighted by molar-refractivity contribution is -0.127. The second-order valence-electron chi connectivity index (χ2n) is 6.38. The van der Waals surface area contributed by atoms with E-state index in [0.29, 0.717) is 12.0 Å². The van der Waals surface area contributed by atoms with E-state index in [-0.39, 0.29) is 0 Å². The molecule has 0 spiro atoms. The molecule has 0 aliphatic heterocycles. The van der Waals surface area contributed by atoms with E-state index in [4.69, 9.17) is 10.2 Å². The molecule has 0 bridgehead atoms. The molecule has 2 aromatic rings. The van der Waals surface area contributed by atoms with Gasteiger partial charge < -0.3 is 14.8 Å². The van der Waals surface area contributed by atoms with Gasteiger partial charge in [0.25, 0.3) is 0 Å². The summed E-state index contributed by atoms with van der Waals surface area (Å²) in [5, 5.41) is 17.3. The maximum absolute atomic E-state index is 8.08. The van der Waals surface area contributed by atoms with Gasteiger partial charge in [0.05, 0.1) is 5.69 Å². The van der Waals surface area contributed by atoms with E-state index in [9.17, 15) is 0 Å². The summed E-state index contributed by atoms with van der Waals surface area (Å²) in [6.45, 7) is 8.53. The average molecular weight is 303 g/mol. The summed E-state index contributed by atoms with van der Waals surface area (Å²) in [6.07, 6.45) is 9.57. The van der Waals surface area contributed by atoms with Gasteiger partial charge in [-0.2, -0.15) is 0 Å². The number of aryl methyl sites for hydroxylation is 1. The molecule has 1 saturated carbocycles. The zero-order valence-electron chi connectivity index (χ0n) is 13.5. The van der Waals surface area contributed by atoms with Crippen LogP contribution in [-0.2, 0) is 0 Å². The van der Waals surface area contributed by atoms with E-state index < -0.39 is 5.79 Å². The van der Waals surface area contributed by atoms with Gasteiger partial charge in [-0.25, -0.2) is 9.97 Å². The molecule has 2 N–H and O–H groups in total. The molecule has 5 nitrogen and oxygen atoms in total. The molecule has 5 heteroatoms. The van der Waals surface area contributed by atoms with Crippen LogP contribution < -0.4 is 0 Å². The van der Waals surface area contributed by atoms with Crippen molar-refractivity contribution in [1.29, 1.82) is 0 Å². The zero-order chi connectivity index (χ0) is 16.3. The van der Waals surface area contributed by atoms with Crippen LogP contribution in [0.15, 0.2) is 31.2 Å². The third-order valence-corrected chi connectivity index (χ3v) is 3.88. The first-order valence-corrected chi connectivity index (χ1v) is 7.65. The fraction of sp³-hybridized carbons (Fsp3) is 0.529. The van der Waals surface area contributed by atoms with Gasteiger partial charge in [-0.3, -0.25) is 0 Å². The lowest BCUT2D eigenvalue weighted by Gasteiger charge is -2.13. The smallest absolute Gasteiger partial charge is 0.156 e. The molecule has 0 saturated heterocycles. The Bertz CT molecular complexity index is 637. The molecule has 0 aromatic carbocycles. The normalized spacial score (nSPS) is 21.5. The van der Waals surface area contributed by atoms with Crippen molar-refractivity contribution < 1.29 is 10.2 Å². The molecular formula is C17H25N3O2. The average Bonchev–Trinajstić information content (AvgIpc) is 3.02. The number of fused-ring (bicyclic) bond motifs is 1. The Morgan fingerprint density at radius 2 is 2.00 bits per heavy atom. The third kappa shape index (κ3) is 4.15. The van der Waals surface area contributed by atoms with Crippen molar-refractivity contribution in [1.82, 2.24) is 14.5 Å². The lowest BCUT2D eigenvalue weighted by atomic mass is 10.1. The molecular weight excluding hydrogens is 278 g/mol. The van der Waals surface area contributed by atoms with Crippen LogP contribution in [0, 0.1) is 12.8 Å². The summed E-state index contributed by atoms with van der Waals surface area (Å²) in [5.41, 5.74) is 2.14. The second kappa shape index (κ2) is 6.58. The van der Waals surface area contributed by atoms with E-state index in [1.54, 1.807) is 6.33 Å². The van der Waals surface area contributed by atoms with Gasteiger partial charge in [0.2, 0.25) is 0 Å². The quantitative estimate of drug-likeness (QED) is 0.661. The van der Waals surface area contributed by atoms with Crippen LogP contribution in [0.25, 0.3) is 11.0 Å². The minimum Gasteiger partial charge on any atom is -0.366 e. The molecule has 0 amide bonds. The number of aromatic nitrogens is 3. The van der Waals surface area contributed by atoms with Gasteiger partial charge in [0.1, 0.15) is 12.0 Å². The second-order valence-corrected chi connectivity index (χ2v) is 6.38. The summed E-state index contributed by atoms with van der Waals surface area (Å²) in [6, 6.07) is 2.70. The van der Waals surface area contributed by atoms with Crippen molar-refractivity contribution in [3.63, 3.8) is 0 Å². The molecule has 120 valence electrons. The van der Waals surface area contributed by atoms with Crippen molar-refractivity contribution in [3.05, 3.63) is 36.9 Å². The molecule has 0 radical (unpaired) electrons. The van der Waals surface area contributed by atoms with Gasteiger partial charge >= 0.3 is 0 Å². The minimum atomic E-state index is -1.50. The zero-order valence-corrected chi connectivity index (χ0v) is 13.5. The Kier molecular flexibility index (Phi) is 4.98. The molecule has 2 aromatic heterocycles. The number of nitrogens with zero attached hydrogens (tertiary/aromatic N) is 3. The number of aliphatic hydroxyl groups is 2. The Balaban J connectivity index is 0.000000309. The maximum atomic E-state index is 8.08. The highest BCUT2D eigenvalue weighted by Crippen LogP contribution is 2.36. The predicted octanol–water partition coefficient (Wildman–Crippen LogP) is 2.97. The van der Waals surface area contributed by atoms with Crippen LogP contribution in [0.4, 0.5) is 0 Å². The van der Waals surface area contributed by atoms with E-state index in [2.05, 4.69) is 39.5 Å². The molecule has 2 unspecified atom stereocenters. The van der Waals surface area contributed by atoms with Crippen LogP contribution in [-0.4, -0.2) is 30.5 Å². The minimum absolute atomic E-state index is 0.574. The fourth-order valence-electron chi connectivity index (χ4n) is 2.85. The number of rotatable bonds is 2. The van der Waals surface area contributed by atoms with Crippen molar-refractivity contribution in [2.75, 3.05) is 0 Å². The largest absolute Gasteiger partial charge is 0.366 e. The van der Waals surface area contributed by atoms with Crippen LogP contribution >= 0.6 is 0 Å². The summed E-state index contributed by atoms with van der Waals surface area (Å²) >= 11 is 0. The highest BCUT2D eigenvalue weighted by Gasteiger charge is 2.25. The molecule has 1 aliphatic carbocycles. The molecule has 22 heavy (non-hydrogen) atoms. The number of hydrogen-bond acceptors (Lipinski definition) is 4. The molecule has 3 rings (SSSR count). The highest BCUT2D eigenvalue weighted by molar-refractivity contribution is 5.78. The van der Waals surface area contributed by atoms with E-state index in [1.165, 1.54) is 38.5 Å². The van der Waals surface area contributed by atoms with E-state index >= 15 is 0 Å². The van der Waals surface area contributed by atoms with Gasteiger partial charge in [0, 0.05) is 17.6 Å². The molecule has 2 atom stereocenters. The predicted molar refractivity (Wildman–Crippen MR) is 87.4 cm³/mol. The van der Waals surface area contributed by atoms with Crippen molar-refractivity contribution in [2.24, 2.45) is 5.92 Å². The third-order valence-electron chi connectivity index (χ3n) is 3.88. The van der Waals surface area contributed by atoms with Crippen LogP contribution in [0.2, 0.25) is 0 Å². The first kappa shape index (κ1) is 16.6. The number of hydrogen-bond donors (Lipinski definition) is 2. The maximum Gasteiger partial charge on any atom is 0.156 e. The monoisotopic (exact) mass is 303 g/mol. The number of allylic oxidation sites excluding steroid dienone is 1. The van der Waals surface area contributed by atoms with Crippen LogP contribution in [0.3, 0.4) is 0 Å². The van der Waals surface area contributed by atoms with E-state index in [1.807, 2.05) is 6.92 Å². The van der Waals surface area contributed by atoms with Crippen molar-refractivity contribution in [3.8, 4) is 0 Å². The summed E-state index contributed by atoms with van der Waals surface area (Å²) in [4.78, 5) is 8.66. The lowest BCUT2D eigenvalue weighted by Crippen LogP contribution is -2.15. The SMILES string of the molecule is C=CC1CCC(n2ccc3c(C)ncnc32)C1.CC(C)(O)O. The molecule has 1 aliphatic rings. The Morgan fingerprint density at radius 3 is 2.59 bits per heavy atom. The summed E-state index contributed by atoms with van der Waals surface area (Å²) in [5.74, 6) is -0.833. The summed E-state index contributed by atoms with van der Waals surface area (Å²) in [7, 11) is 0. The molecule has 1 fully saturated rings. The fourth-order valence-corrected chi connectivity index (χ4v) is 2.85. The van der Waals surface area contributed by atoms with E-state index in [0.717, 1.165) is 11.3 Å². The van der Waals surface area contributed by atoms with Crippen molar-refractivity contribution >= 4 is 11.0 Å². The molecule has 2 heterocycles. The van der Waals surface area contributed by atoms with Crippen LogP contribution in [0.1, 0.15) is 44.8 Å². The van der Waals surface area contributed by atoms with Gasteiger partial charge in [-0.05, 0) is 52.0 Å². The first-order chi connectivity index (χ1) is 10.3.